The van der Waals surface area contributed by atoms with Gasteiger partial charge in [0.1, 0.15) is 11.5 Å². The molecule has 4 rings (SSSR count). The molecule has 0 saturated heterocycles. The second-order valence-electron chi connectivity index (χ2n) is 9.98. The lowest BCUT2D eigenvalue weighted by molar-refractivity contribution is -0.936. The highest BCUT2D eigenvalue weighted by atomic mass is 32.2. The molecule has 1 aliphatic carbocycles. The van der Waals surface area contributed by atoms with Gasteiger partial charge in [-0.05, 0) is 56.5 Å². The topological polar surface area (TPSA) is 97.2 Å². The normalized spacial score (nSPS) is 18.8. The van der Waals surface area contributed by atoms with E-state index in [0.29, 0.717) is 22.2 Å². The van der Waals surface area contributed by atoms with Gasteiger partial charge in [0, 0.05) is 25.1 Å². The number of carbonyl (C=O) groups is 2. The van der Waals surface area contributed by atoms with E-state index in [4.69, 9.17) is 4.74 Å². The Bertz CT molecular complexity index is 1210. The van der Waals surface area contributed by atoms with Crippen molar-refractivity contribution in [1.29, 1.82) is 0 Å². The SMILES string of the molecule is COC(=O)c1c(NC(=O)c2ccc(S(=O)(=O)N(C)C3CCCCC3)cc2)sc2c1CC[NH+](C(C)C)C2. The van der Waals surface area contributed by atoms with Gasteiger partial charge < -0.3 is 15.0 Å². The van der Waals surface area contributed by atoms with Crippen molar-refractivity contribution in [3.63, 3.8) is 0 Å². The molecule has 196 valence electrons. The van der Waals surface area contributed by atoms with Crippen molar-refractivity contribution < 1.29 is 27.6 Å². The van der Waals surface area contributed by atoms with Gasteiger partial charge in [-0.2, -0.15) is 4.31 Å². The zero-order valence-corrected chi connectivity index (χ0v) is 23.1. The van der Waals surface area contributed by atoms with Gasteiger partial charge in [0.2, 0.25) is 10.0 Å². The molecule has 1 aromatic carbocycles. The molecule has 2 aliphatic rings. The van der Waals surface area contributed by atoms with Crippen molar-refractivity contribution in [1.82, 2.24) is 4.31 Å². The van der Waals surface area contributed by atoms with Crippen LogP contribution in [0.5, 0.6) is 0 Å². The summed E-state index contributed by atoms with van der Waals surface area (Å²) in [7, 11) is -0.653. The number of carbonyl (C=O) groups excluding carboxylic acids is 2. The summed E-state index contributed by atoms with van der Waals surface area (Å²) in [6, 6.07) is 6.48. The fourth-order valence-electron chi connectivity index (χ4n) is 5.16. The molecule has 1 unspecified atom stereocenters. The fourth-order valence-corrected chi connectivity index (χ4v) is 7.86. The minimum atomic E-state index is -3.64. The summed E-state index contributed by atoms with van der Waals surface area (Å²) in [4.78, 5) is 28.4. The number of nitrogens with one attached hydrogen (secondary N) is 2. The lowest BCUT2D eigenvalue weighted by atomic mass is 9.96. The predicted octanol–water partition coefficient (Wildman–Crippen LogP) is 3.09. The van der Waals surface area contributed by atoms with Crippen LogP contribution >= 0.6 is 11.3 Å². The van der Waals surface area contributed by atoms with E-state index in [1.165, 1.54) is 51.9 Å². The van der Waals surface area contributed by atoms with E-state index in [1.54, 1.807) is 7.05 Å². The van der Waals surface area contributed by atoms with Gasteiger partial charge in [0.25, 0.3) is 5.91 Å². The number of anilines is 1. The number of nitrogens with zero attached hydrogens (tertiary/aromatic N) is 1. The first-order valence-corrected chi connectivity index (χ1v) is 14.9. The largest absolute Gasteiger partial charge is 0.465 e. The Labute approximate surface area is 217 Å². The van der Waals surface area contributed by atoms with Crippen molar-refractivity contribution >= 4 is 38.2 Å². The van der Waals surface area contributed by atoms with Crippen LogP contribution in [-0.2, 0) is 27.7 Å². The van der Waals surface area contributed by atoms with Crippen molar-refractivity contribution in [2.75, 3.05) is 26.0 Å². The lowest BCUT2D eigenvalue weighted by Crippen LogP contribution is -3.14. The number of thiophene rings is 1. The summed E-state index contributed by atoms with van der Waals surface area (Å²) in [5, 5.41) is 3.37. The molecule has 1 atom stereocenters. The molecular weight excluding hydrogens is 498 g/mol. The van der Waals surface area contributed by atoms with Crippen LogP contribution in [0, 0.1) is 0 Å². The molecular formula is C26H36N3O5S2+. The zero-order chi connectivity index (χ0) is 26.0. The highest BCUT2D eigenvalue weighted by molar-refractivity contribution is 7.89. The number of hydrogen-bond donors (Lipinski definition) is 2. The van der Waals surface area contributed by atoms with E-state index in [9.17, 15) is 18.0 Å². The van der Waals surface area contributed by atoms with E-state index < -0.39 is 21.9 Å². The molecule has 10 heteroatoms. The third kappa shape index (κ3) is 5.37. The summed E-state index contributed by atoms with van der Waals surface area (Å²) in [5.41, 5.74) is 1.71. The molecule has 1 saturated carbocycles. The molecule has 1 fully saturated rings. The number of rotatable bonds is 7. The zero-order valence-electron chi connectivity index (χ0n) is 21.4. The molecule has 1 aliphatic heterocycles. The Hall–Kier alpha value is -2.27. The highest BCUT2D eigenvalue weighted by Gasteiger charge is 2.32. The highest BCUT2D eigenvalue weighted by Crippen LogP contribution is 2.36. The molecule has 2 N–H and O–H groups in total. The number of fused-ring (bicyclic) bond motifs is 1. The Morgan fingerprint density at radius 2 is 1.81 bits per heavy atom. The van der Waals surface area contributed by atoms with Crippen LogP contribution in [0.4, 0.5) is 5.00 Å². The van der Waals surface area contributed by atoms with Crippen LogP contribution < -0.4 is 10.2 Å². The van der Waals surface area contributed by atoms with Gasteiger partial charge >= 0.3 is 5.97 Å². The molecule has 0 spiro atoms. The van der Waals surface area contributed by atoms with Crippen molar-refractivity contribution in [3.05, 3.63) is 45.8 Å². The van der Waals surface area contributed by atoms with Crippen LogP contribution in [0.3, 0.4) is 0 Å². The third-order valence-corrected chi connectivity index (χ3v) is 10.6. The number of ether oxygens (including phenoxy) is 1. The number of amides is 1. The minimum absolute atomic E-state index is 0.0155. The summed E-state index contributed by atoms with van der Waals surface area (Å²) in [6.07, 6.45) is 5.73. The standard InChI is InChI=1S/C26H35N3O5S2/c1-17(2)29-15-14-21-22(16-29)35-25(23(21)26(31)34-4)27-24(30)18-10-12-20(13-11-18)36(32,33)28(3)19-8-6-5-7-9-19/h10-13,17,19H,5-9,14-16H2,1-4H3,(H,27,30)/p+1. The quantitative estimate of drug-likeness (QED) is 0.532. The van der Waals surface area contributed by atoms with Crippen LogP contribution in [-0.4, -0.2) is 57.4 Å². The Morgan fingerprint density at radius 3 is 2.42 bits per heavy atom. The summed E-state index contributed by atoms with van der Waals surface area (Å²) in [5.74, 6) is -0.848. The first-order valence-electron chi connectivity index (χ1n) is 12.6. The van der Waals surface area contributed by atoms with E-state index in [-0.39, 0.29) is 10.9 Å². The molecule has 2 aromatic rings. The smallest absolute Gasteiger partial charge is 0.341 e. The molecule has 0 radical (unpaired) electrons. The summed E-state index contributed by atoms with van der Waals surface area (Å²) >= 11 is 1.42. The maximum atomic E-state index is 13.1. The van der Waals surface area contributed by atoms with Gasteiger partial charge in [-0.15, -0.1) is 11.3 Å². The van der Waals surface area contributed by atoms with Gasteiger partial charge in [0.05, 0.1) is 35.0 Å². The van der Waals surface area contributed by atoms with E-state index in [1.807, 2.05) is 0 Å². The van der Waals surface area contributed by atoms with Crippen LogP contribution in [0.15, 0.2) is 29.2 Å². The summed E-state index contributed by atoms with van der Waals surface area (Å²) in [6.45, 7) is 6.08. The number of benzene rings is 1. The van der Waals surface area contributed by atoms with Crippen LogP contribution in [0.25, 0.3) is 0 Å². The van der Waals surface area contributed by atoms with Crippen LogP contribution in [0.1, 0.15) is 77.1 Å². The number of esters is 1. The average Bonchev–Trinajstić information content (AvgIpc) is 3.25. The predicted molar refractivity (Wildman–Crippen MR) is 140 cm³/mol. The van der Waals surface area contributed by atoms with Crippen molar-refractivity contribution in [2.24, 2.45) is 0 Å². The lowest BCUT2D eigenvalue weighted by Gasteiger charge is -2.30. The molecule has 8 nitrogen and oxygen atoms in total. The maximum absolute atomic E-state index is 13.1. The molecule has 1 aromatic heterocycles. The first-order chi connectivity index (χ1) is 17.1. The van der Waals surface area contributed by atoms with E-state index in [0.717, 1.165) is 62.1 Å². The minimum Gasteiger partial charge on any atom is -0.465 e. The van der Waals surface area contributed by atoms with Gasteiger partial charge in [-0.3, -0.25) is 4.79 Å². The van der Waals surface area contributed by atoms with Gasteiger partial charge in [-0.25, -0.2) is 13.2 Å². The maximum Gasteiger partial charge on any atom is 0.341 e. The fraction of sp³-hybridized carbons (Fsp3) is 0.538. The van der Waals surface area contributed by atoms with Crippen LogP contribution in [0.2, 0.25) is 0 Å². The third-order valence-electron chi connectivity index (χ3n) is 7.49. The van der Waals surface area contributed by atoms with Gasteiger partial charge in [0.15, 0.2) is 0 Å². The Balaban J connectivity index is 1.53. The Morgan fingerprint density at radius 1 is 1.14 bits per heavy atom. The Kier molecular flexibility index (Phi) is 8.18. The van der Waals surface area contributed by atoms with Crippen molar-refractivity contribution in [2.45, 2.75) is 75.9 Å². The second-order valence-corrected chi connectivity index (χ2v) is 13.1. The monoisotopic (exact) mass is 534 g/mol. The second kappa shape index (κ2) is 11.0. The molecule has 0 bridgehead atoms. The molecule has 1 amide bonds. The number of sulfonamides is 1. The first kappa shape index (κ1) is 26.8. The molecule has 36 heavy (non-hydrogen) atoms. The van der Waals surface area contributed by atoms with Gasteiger partial charge in [-0.1, -0.05) is 19.3 Å². The van der Waals surface area contributed by atoms with E-state index >= 15 is 0 Å². The average molecular weight is 535 g/mol. The number of hydrogen-bond acceptors (Lipinski definition) is 6. The number of methoxy groups -OCH3 is 1. The van der Waals surface area contributed by atoms with E-state index in [2.05, 4.69) is 19.2 Å². The van der Waals surface area contributed by atoms with Crippen molar-refractivity contribution in [3.8, 4) is 0 Å². The summed E-state index contributed by atoms with van der Waals surface area (Å²) < 4.78 is 32.7. The number of quaternary nitrogens is 1. The molecule has 2 heterocycles.